The lowest BCUT2D eigenvalue weighted by Crippen LogP contribution is -2.27. The van der Waals surface area contributed by atoms with Gasteiger partial charge in [0.1, 0.15) is 16.5 Å². The number of ether oxygens (including phenoxy) is 1. The van der Waals surface area contributed by atoms with E-state index in [9.17, 15) is 12.8 Å². The first-order chi connectivity index (χ1) is 14.5. The summed E-state index contributed by atoms with van der Waals surface area (Å²) in [6, 6.07) is 11.2. The molecule has 1 N–H and O–H groups in total. The summed E-state index contributed by atoms with van der Waals surface area (Å²) < 4.78 is 46.4. The highest BCUT2D eigenvalue weighted by Crippen LogP contribution is 2.25. The van der Waals surface area contributed by atoms with Gasteiger partial charge in [-0.05, 0) is 54.8 Å². The van der Waals surface area contributed by atoms with Gasteiger partial charge in [-0.2, -0.15) is 4.31 Å². The molecule has 0 bridgehead atoms. The molecule has 0 amide bonds. The number of hydrogen-bond acceptors (Lipinski definition) is 6. The third-order valence-electron chi connectivity index (χ3n) is 4.77. The second kappa shape index (κ2) is 8.76. The standard InChI is InChI=1S/C21H21FN4O3S/c22-19-12-16(5-7-20(19)29-17-4-3-9-23-14-17)13-24-21-8-6-18(15-25-21)30(27,28)26-10-1-2-11-26/h3-9,12,14-15H,1-2,10-11,13H2,(H,24,25). The zero-order valence-electron chi connectivity index (χ0n) is 16.2. The predicted molar refractivity (Wildman–Crippen MR) is 110 cm³/mol. The van der Waals surface area contributed by atoms with Crippen molar-refractivity contribution in [3.05, 3.63) is 72.4 Å². The van der Waals surface area contributed by atoms with Crippen LogP contribution in [0, 0.1) is 5.82 Å². The van der Waals surface area contributed by atoms with Crippen LogP contribution < -0.4 is 10.1 Å². The summed E-state index contributed by atoms with van der Waals surface area (Å²) in [5, 5.41) is 3.07. The van der Waals surface area contributed by atoms with Crippen molar-refractivity contribution in [3.8, 4) is 11.5 Å². The van der Waals surface area contributed by atoms with Crippen LogP contribution in [0.15, 0.2) is 66.0 Å². The minimum Gasteiger partial charge on any atom is -0.453 e. The van der Waals surface area contributed by atoms with Crippen LogP contribution in [0.25, 0.3) is 0 Å². The van der Waals surface area contributed by atoms with Crippen molar-refractivity contribution >= 4 is 15.8 Å². The van der Waals surface area contributed by atoms with Crippen LogP contribution in [0.3, 0.4) is 0 Å². The molecule has 0 aliphatic carbocycles. The zero-order chi connectivity index (χ0) is 21.0. The van der Waals surface area contributed by atoms with Crippen LogP contribution in [0.4, 0.5) is 10.2 Å². The molecule has 156 valence electrons. The summed E-state index contributed by atoms with van der Waals surface area (Å²) in [4.78, 5) is 8.29. The predicted octanol–water partition coefficient (Wildman–Crippen LogP) is 3.80. The fourth-order valence-corrected chi connectivity index (χ4v) is 4.64. The van der Waals surface area contributed by atoms with Gasteiger partial charge >= 0.3 is 0 Å². The molecular formula is C21H21FN4O3S. The molecule has 1 fully saturated rings. The number of aromatic nitrogens is 2. The molecule has 1 aliphatic heterocycles. The average Bonchev–Trinajstić information content (AvgIpc) is 3.31. The van der Waals surface area contributed by atoms with Crippen molar-refractivity contribution in [2.45, 2.75) is 24.3 Å². The van der Waals surface area contributed by atoms with Crippen LogP contribution in [0.1, 0.15) is 18.4 Å². The van der Waals surface area contributed by atoms with E-state index in [4.69, 9.17) is 4.74 Å². The first kappa shape index (κ1) is 20.2. The van der Waals surface area contributed by atoms with Crippen molar-refractivity contribution in [2.24, 2.45) is 0 Å². The fraction of sp³-hybridized carbons (Fsp3) is 0.238. The minimum absolute atomic E-state index is 0.112. The van der Waals surface area contributed by atoms with Crippen molar-refractivity contribution in [1.29, 1.82) is 0 Å². The molecule has 0 unspecified atom stereocenters. The normalized spacial score (nSPS) is 14.6. The Morgan fingerprint density at radius 1 is 1.10 bits per heavy atom. The van der Waals surface area contributed by atoms with Crippen LogP contribution in [-0.2, 0) is 16.6 Å². The molecule has 0 atom stereocenters. The summed E-state index contributed by atoms with van der Waals surface area (Å²) in [6.45, 7) is 1.43. The molecule has 4 rings (SSSR count). The van der Waals surface area contributed by atoms with E-state index in [1.54, 1.807) is 36.5 Å². The topological polar surface area (TPSA) is 84.4 Å². The summed E-state index contributed by atoms with van der Waals surface area (Å²) in [5.74, 6) is 0.585. The molecule has 1 saturated heterocycles. The highest BCUT2D eigenvalue weighted by molar-refractivity contribution is 7.89. The van der Waals surface area contributed by atoms with Gasteiger partial charge in [0, 0.05) is 32.0 Å². The van der Waals surface area contributed by atoms with Crippen LogP contribution in [-0.4, -0.2) is 35.8 Å². The summed E-state index contributed by atoms with van der Waals surface area (Å²) in [5.41, 5.74) is 0.696. The van der Waals surface area contributed by atoms with Gasteiger partial charge in [0.05, 0.1) is 6.20 Å². The monoisotopic (exact) mass is 428 g/mol. The molecule has 0 spiro atoms. The lowest BCUT2D eigenvalue weighted by atomic mass is 10.2. The van der Waals surface area contributed by atoms with Crippen LogP contribution in [0.2, 0.25) is 0 Å². The van der Waals surface area contributed by atoms with Crippen molar-refractivity contribution < 1.29 is 17.5 Å². The summed E-state index contributed by atoms with van der Waals surface area (Å²) in [7, 11) is -3.48. The SMILES string of the molecule is O=S(=O)(c1ccc(NCc2ccc(Oc3cccnc3)c(F)c2)nc1)N1CCCC1. The molecular weight excluding hydrogens is 407 g/mol. The summed E-state index contributed by atoms with van der Waals surface area (Å²) >= 11 is 0. The highest BCUT2D eigenvalue weighted by Gasteiger charge is 2.27. The largest absolute Gasteiger partial charge is 0.453 e. The Bertz CT molecular complexity index is 1100. The Morgan fingerprint density at radius 2 is 1.93 bits per heavy atom. The molecule has 7 nitrogen and oxygen atoms in total. The van der Waals surface area contributed by atoms with Gasteiger partial charge in [-0.3, -0.25) is 4.98 Å². The van der Waals surface area contributed by atoms with Gasteiger partial charge in [0.2, 0.25) is 10.0 Å². The highest BCUT2D eigenvalue weighted by atomic mass is 32.2. The number of halogens is 1. The Balaban J connectivity index is 1.38. The first-order valence-electron chi connectivity index (χ1n) is 9.59. The quantitative estimate of drug-likeness (QED) is 0.616. The number of hydrogen-bond donors (Lipinski definition) is 1. The molecule has 3 heterocycles. The zero-order valence-corrected chi connectivity index (χ0v) is 17.0. The van der Waals surface area contributed by atoms with Gasteiger partial charge in [0.15, 0.2) is 11.6 Å². The Kier molecular flexibility index (Phi) is 5.91. The lowest BCUT2D eigenvalue weighted by molar-refractivity contribution is 0.440. The third kappa shape index (κ3) is 4.58. The van der Waals surface area contributed by atoms with Gasteiger partial charge < -0.3 is 10.1 Å². The number of pyridine rings is 2. The average molecular weight is 428 g/mol. The van der Waals surface area contributed by atoms with E-state index < -0.39 is 15.8 Å². The van der Waals surface area contributed by atoms with E-state index in [1.807, 2.05) is 0 Å². The number of sulfonamides is 1. The lowest BCUT2D eigenvalue weighted by Gasteiger charge is -2.15. The Morgan fingerprint density at radius 3 is 2.60 bits per heavy atom. The van der Waals surface area contributed by atoms with Gasteiger partial charge in [-0.25, -0.2) is 17.8 Å². The second-order valence-corrected chi connectivity index (χ2v) is 8.84. The maximum absolute atomic E-state index is 14.3. The first-order valence-corrected chi connectivity index (χ1v) is 11.0. The van der Waals surface area contributed by atoms with E-state index in [1.165, 1.54) is 28.8 Å². The third-order valence-corrected chi connectivity index (χ3v) is 6.65. The molecule has 0 radical (unpaired) electrons. The maximum Gasteiger partial charge on any atom is 0.244 e. The van der Waals surface area contributed by atoms with E-state index in [-0.39, 0.29) is 10.6 Å². The number of anilines is 1. The maximum atomic E-state index is 14.3. The number of benzene rings is 1. The molecule has 1 aromatic carbocycles. The molecule has 30 heavy (non-hydrogen) atoms. The van der Waals surface area contributed by atoms with E-state index in [0.29, 0.717) is 36.8 Å². The van der Waals surface area contributed by atoms with Crippen LogP contribution in [0.5, 0.6) is 11.5 Å². The van der Waals surface area contributed by atoms with Crippen molar-refractivity contribution in [3.63, 3.8) is 0 Å². The Hall–Kier alpha value is -3.04. The second-order valence-electron chi connectivity index (χ2n) is 6.90. The fourth-order valence-electron chi connectivity index (χ4n) is 3.18. The Labute approximate surface area is 174 Å². The number of rotatable bonds is 7. The van der Waals surface area contributed by atoms with Gasteiger partial charge in [-0.1, -0.05) is 6.07 Å². The molecule has 3 aromatic rings. The number of nitrogens with zero attached hydrogens (tertiary/aromatic N) is 3. The smallest absolute Gasteiger partial charge is 0.244 e. The van der Waals surface area contributed by atoms with Crippen LogP contribution >= 0.6 is 0 Å². The molecule has 1 aliphatic rings. The number of nitrogens with one attached hydrogen (secondary N) is 1. The van der Waals surface area contributed by atoms with E-state index in [0.717, 1.165) is 12.8 Å². The van der Waals surface area contributed by atoms with E-state index in [2.05, 4.69) is 15.3 Å². The van der Waals surface area contributed by atoms with Crippen molar-refractivity contribution in [2.75, 3.05) is 18.4 Å². The van der Waals surface area contributed by atoms with Gasteiger partial charge in [-0.15, -0.1) is 0 Å². The van der Waals surface area contributed by atoms with Crippen molar-refractivity contribution in [1.82, 2.24) is 14.3 Å². The minimum atomic E-state index is -3.48. The van der Waals surface area contributed by atoms with Gasteiger partial charge in [0.25, 0.3) is 0 Å². The molecule has 2 aromatic heterocycles. The van der Waals surface area contributed by atoms with E-state index >= 15 is 0 Å². The molecule has 9 heteroatoms. The summed E-state index contributed by atoms with van der Waals surface area (Å²) in [6.07, 6.45) is 6.24. The molecule has 0 saturated carbocycles.